The molecular weight excluding hydrogens is 380 g/mol. The molecule has 0 saturated carbocycles. The van der Waals surface area contributed by atoms with E-state index in [0.29, 0.717) is 5.69 Å². The molecule has 0 spiro atoms. The van der Waals surface area contributed by atoms with Crippen molar-refractivity contribution >= 4 is 35.0 Å². The van der Waals surface area contributed by atoms with Gasteiger partial charge in [-0.3, -0.25) is 19.3 Å². The van der Waals surface area contributed by atoms with Crippen LogP contribution in [0.1, 0.15) is 26.5 Å². The van der Waals surface area contributed by atoms with Crippen LogP contribution in [-0.4, -0.2) is 43.8 Å². The number of thioether (sulfide) groups is 1. The number of aromatic hydroxyl groups is 1. The molecule has 1 aliphatic heterocycles. The summed E-state index contributed by atoms with van der Waals surface area (Å²) >= 11 is 0.784. The zero-order chi connectivity index (χ0) is 20.5. The molecule has 0 unspecified atom stereocenters. The molecule has 1 aliphatic rings. The number of phenolic OH excluding ortho intramolecular Hbond substituents is 1. The molecule has 3 rings (SSSR count). The Morgan fingerprint density at radius 1 is 1.18 bits per heavy atom. The van der Waals surface area contributed by atoms with Crippen molar-refractivity contribution < 1.29 is 24.2 Å². The van der Waals surface area contributed by atoms with E-state index in [1.54, 1.807) is 57.2 Å². The first-order valence-corrected chi connectivity index (χ1v) is 9.40. The highest BCUT2D eigenvalue weighted by Crippen LogP contribution is 2.32. The number of nitrogens with zero attached hydrogens (tertiary/aromatic N) is 2. The van der Waals surface area contributed by atoms with Gasteiger partial charge in [0.1, 0.15) is 17.9 Å². The summed E-state index contributed by atoms with van der Waals surface area (Å²) in [6.45, 7) is 4.74. The number of imide groups is 1. The zero-order valence-electron chi connectivity index (χ0n) is 15.7. The Bertz CT molecular complexity index is 954. The molecule has 2 heterocycles. The maximum Gasteiger partial charge on any atom is 0.326 e. The molecule has 0 atom stereocenters. The number of ether oxygens (including phenoxy) is 1. The van der Waals surface area contributed by atoms with E-state index in [1.807, 2.05) is 16.8 Å². The van der Waals surface area contributed by atoms with E-state index in [2.05, 4.69) is 0 Å². The Morgan fingerprint density at radius 3 is 2.50 bits per heavy atom. The summed E-state index contributed by atoms with van der Waals surface area (Å²) in [6.07, 6.45) is 3.41. The predicted molar refractivity (Wildman–Crippen MR) is 106 cm³/mol. The van der Waals surface area contributed by atoms with Gasteiger partial charge in [0, 0.05) is 17.6 Å². The van der Waals surface area contributed by atoms with Gasteiger partial charge in [-0.25, -0.2) is 0 Å². The summed E-state index contributed by atoms with van der Waals surface area (Å²) in [5, 5.41) is 8.93. The molecule has 1 aromatic heterocycles. The van der Waals surface area contributed by atoms with Crippen LogP contribution in [-0.2, 0) is 14.3 Å². The predicted octanol–water partition coefficient (Wildman–Crippen LogP) is 3.56. The number of aromatic nitrogens is 1. The molecule has 2 aromatic rings. The second kappa shape index (κ2) is 7.55. The Labute approximate surface area is 166 Å². The number of phenols is 1. The summed E-state index contributed by atoms with van der Waals surface area (Å²) in [7, 11) is 0. The minimum atomic E-state index is -0.695. The Hall–Kier alpha value is -3.00. The first-order chi connectivity index (χ1) is 13.1. The largest absolute Gasteiger partial charge is 0.508 e. The van der Waals surface area contributed by atoms with Crippen LogP contribution in [0.25, 0.3) is 11.8 Å². The molecule has 146 valence electrons. The summed E-state index contributed by atoms with van der Waals surface area (Å²) in [4.78, 5) is 37.9. The lowest BCUT2D eigenvalue weighted by Gasteiger charge is -2.21. The van der Waals surface area contributed by atoms with Gasteiger partial charge in [-0.2, -0.15) is 0 Å². The molecule has 1 fully saturated rings. The normalized spacial score (nSPS) is 16.1. The maximum absolute atomic E-state index is 12.6. The van der Waals surface area contributed by atoms with Gasteiger partial charge in [-0.1, -0.05) is 0 Å². The second-order valence-corrected chi connectivity index (χ2v) is 8.17. The van der Waals surface area contributed by atoms with Crippen LogP contribution in [0.15, 0.2) is 47.5 Å². The number of esters is 1. The number of carbonyl (C=O) groups excluding carboxylic acids is 3. The summed E-state index contributed by atoms with van der Waals surface area (Å²) < 4.78 is 7.01. The van der Waals surface area contributed by atoms with E-state index in [9.17, 15) is 19.5 Å². The smallest absolute Gasteiger partial charge is 0.326 e. The SMILES string of the molecule is CC(C)(C)OC(=O)CN1C(=O)S/C(=C/c2cccn2-c2ccc(O)cc2)C1=O. The average molecular weight is 400 g/mol. The van der Waals surface area contributed by atoms with Crippen molar-refractivity contribution in [1.82, 2.24) is 9.47 Å². The van der Waals surface area contributed by atoms with Gasteiger partial charge in [0.05, 0.1) is 4.91 Å². The Morgan fingerprint density at radius 2 is 1.86 bits per heavy atom. The molecule has 1 aromatic carbocycles. The van der Waals surface area contributed by atoms with Gasteiger partial charge in [-0.05, 0) is 75.0 Å². The molecule has 0 radical (unpaired) electrons. The number of hydrogen-bond donors (Lipinski definition) is 1. The summed E-state index contributed by atoms with van der Waals surface area (Å²) in [5.41, 5.74) is 0.787. The van der Waals surface area contributed by atoms with E-state index < -0.39 is 29.3 Å². The summed E-state index contributed by atoms with van der Waals surface area (Å²) in [5.74, 6) is -1.01. The van der Waals surface area contributed by atoms with E-state index >= 15 is 0 Å². The number of hydrogen-bond acceptors (Lipinski definition) is 6. The van der Waals surface area contributed by atoms with Gasteiger partial charge < -0.3 is 14.4 Å². The monoisotopic (exact) mass is 400 g/mol. The maximum atomic E-state index is 12.6. The number of amides is 2. The van der Waals surface area contributed by atoms with Crippen LogP contribution in [0.5, 0.6) is 5.75 Å². The van der Waals surface area contributed by atoms with Crippen molar-refractivity contribution in [3.8, 4) is 11.4 Å². The third-order valence-corrected chi connectivity index (χ3v) is 4.68. The van der Waals surface area contributed by atoms with Gasteiger partial charge in [-0.15, -0.1) is 0 Å². The third-order valence-electron chi connectivity index (χ3n) is 3.77. The fourth-order valence-corrected chi connectivity index (χ4v) is 3.46. The van der Waals surface area contributed by atoms with Gasteiger partial charge >= 0.3 is 5.97 Å². The topological polar surface area (TPSA) is 88.8 Å². The quantitative estimate of drug-likeness (QED) is 0.624. The molecule has 1 saturated heterocycles. The van der Waals surface area contributed by atoms with E-state index in [1.165, 1.54) is 0 Å². The highest BCUT2D eigenvalue weighted by molar-refractivity contribution is 8.18. The Kier molecular flexibility index (Phi) is 5.33. The number of carbonyl (C=O) groups is 3. The van der Waals surface area contributed by atoms with Crippen LogP contribution < -0.4 is 0 Å². The molecule has 8 heteroatoms. The Balaban J connectivity index is 1.80. The fraction of sp³-hybridized carbons (Fsp3) is 0.250. The standard InChI is InChI=1S/C20H20N2O5S/c1-20(2,3)27-17(24)12-22-18(25)16(28-19(22)26)11-14-5-4-10-21(14)13-6-8-15(23)9-7-13/h4-11,23H,12H2,1-3H3/b16-11+. The van der Waals surface area contributed by atoms with Crippen molar-refractivity contribution in [2.45, 2.75) is 26.4 Å². The average Bonchev–Trinajstić information content (AvgIpc) is 3.15. The van der Waals surface area contributed by atoms with Crippen LogP contribution in [0.3, 0.4) is 0 Å². The van der Waals surface area contributed by atoms with E-state index in [0.717, 1.165) is 22.3 Å². The van der Waals surface area contributed by atoms with E-state index in [4.69, 9.17) is 4.74 Å². The van der Waals surface area contributed by atoms with Crippen molar-refractivity contribution in [1.29, 1.82) is 0 Å². The molecule has 7 nitrogen and oxygen atoms in total. The number of benzene rings is 1. The molecular formula is C20H20N2O5S. The fourth-order valence-electron chi connectivity index (χ4n) is 2.63. The van der Waals surface area contributed by atoms with E-state index in [-0.39, 0.29) is 10.7 Å². The highest BCUT2D eigenvalue weighted by Gasteiger charge is 2.37. The van der Waals surface area contributed by atoms with Crippen molar-refractivity contribution in [3.05, 3.63) is 53.2 Å². The first-order valence-electron chi connectivity index (χ1n) is 8.58. The molecule has 0 aliphatic carbocycles. The second-order valence-electron chi connectivity index (χ2n) is 7.17. The molecule has 28 heavy (non-hydrogen) atoms. The lowest BCUT2D eigenvalue weighted by Crippen LogP contribution is -2.37. The highest BCUT2D eigenvalue weighted by atomic mass is 32.2. The lowest BCUT2D eigenvalue weighted by molar-refractivity contribution is -0.156. The zero-order valence-corrected chi connectivity index (χ0v) is 16.5. The van der Waals surface area contributed by atoms with Gasteiger partial charge in [0.15, 0.2) is 0 Å². The van der Waals surface area contributed by atoms with Crippen LogP contribution >= 0.6 is 11.8 Å². The summed E-state index contributed by atoms with van der Waals surface area (Å²) in [6, 6.07) is 10.2. The van der Waals surface area contributed by atoms with Gasteiger partial charge in [0.2, 0.25) is 0 Å². The van der Waals surface area contributed by atoms with Crippen molar-refractivity contribution in [2.75, 3.05) is 6.54 Å². The van der Waals surface area contributed by atoms with Crippen molar-refractivity contribution in [3.63, 3.8) is 0 Å². The minimum Gasteiger partial charge on any atom is -0.508 e. The molecule has 2 amide bonds. The van der Waals surface area contributed by atoms with Crippen LogP contribution in [0, 0.1) is 0 Å². The van der Waals surface area contributed by atoms with Crippen molar-refractivity contribution in [2.24, 2.45) is 0 Å². The number of rotatable bonds is 4. The third kappa shape index (κ3) is 4.45. The van der Waals surface area contributed by atoms with Gasteiger partial charge in [0.25, 0.3) is 11.1 Å². The van der Waals surface area contributed by atoms with Crippen LogP contribution in [0.4, 0.5) is 4.79 Å². The molecule has 1 N–H and O–H groups in total. The van der Waals surface area contributed by atoms with Crippen LogP contribution in [0.2, 0.25) is 0 Å². The lowest BCUT2D eigenvalue weighted by atomic mass is 10.2. The molecule has 0 bridgehead atoms. The minimum absolute atomic E-state index is 0.153. The first kappa shape index (κ1) is 19.8.